The van der Waals surface area contributed by atoms with E-state index in [0.717, 1.165) is 0 Å². The van der Waals surface area contributed by atoms with Crippen LogP contribution >= 0.6 is 0 Å². The van der Waals surface area contributed by atoms with Gasteiger partial charge < -0.3 is 9.84 Å². The Labute approximate surface area is 109 Å². The Morgan fingerprint density at radius 2 is 1.78 bits per heavy atom. The second-order valence-electron chi connectivity index (χ2n) is 5.75. The van der Waals surface area contributed by atoms with Gasteiger partial charge in [0.2, 0.25) is 0 Å². The highest BCUT2D eigenvalue weighted by molar-refractivity contribution is 5.80. The van der Waals surface area contributed by atoms with Gasteiger partial charge in [0.1, 0.15) is 11.6 Å². The van der Waals surface area contributed by atoms with E-state index >= 15 is 0 Å². The van der Waals surface area contributed by atoms with Gasteiger partial charge >= 0.3 is 12.1 Å². The summed E-state index contributed by atoms with van der Waals surface area (Å²) >= 11 is 0. The monoisotopic (exact) mass is 259 g/mol. The number of hydrogen-bond acceptors (Lipinski definition) is 3. The van der Waals surface area contributed by atoms with Crippen molar-refractivity contribution in [2.24, 2.45) is 5.92 Å². The molecule has 1 atom stereocenters. The third-order valence-electron chi connectivity index (χ3n) is 2.32. The molecule has 0 radical (unpaired) electrons. The molecule has 1 N–H and O–H groups in total. The number of aliphatic carboxylic acids is 1. The molecule has 0 unspecified atom stereocenters. The summed E-state index contributed by atoms with van der Waals surface area (Å²) in [4.78, 5) is 24.5. The van der Waals surface area contributed by atoms with Crippen LogP contribution in [0.15, 0.2) is 0 Å². The normalized spacial score (nSPS) is 13.3. The number of ether oxygens (including phenoxy) is 1. The van der Waals surface area contributed by atoms with Crippen LogP contribution in [0.4, 0.5) is 4.79 Å². The van der Waals surface area contributed by atoms with E-state index in [-0.39, 0.29) is 5.92 Å². The molecule has 0 aliphatic carbocycles. The molecule has 0 heterocycles. The van der Waals surface area contributed by atoms with Gasteiger partial charge in [0.15, 0.2) is 0 Å². The number of rotatable bonds is 5. The topological polar surface area (TPSA) is 66.8 Å². The van der Waals surface area contributed by atoms with Crippen molar-refractivity contribution < 1.29 is 19.4 Å². The van der Waals surface area contributed by atoms with Crippen molar-refractivity contribution in [3.8, 4) is 0 Å². The largest absolute Gasteiger partial charge is 0.480 e. The van der Waals surface area contributed by atoms with E-state index in [4.69, 9.17) is 4.74 Å². The lowest BCUT2D eigenvalue weighted by atomic mass is 10.0. The minimum absolute atomic E-state index is 0.197. The molecule has 0 saturated carbocycles. The lowest BCUT2D eigenvalue weighted by Gasteiger charge is -2.31. The highest BCUT2D eigenvalue weighted by atomic mass is 16.6. The minimum atomic E-state index is -0.989. The number of likely N-dealkylation sites (N-methyl/N-ethyl adjacent to an activating group) is 1. The van der Waals surface area contributed by atoms with Crippen molar-refractivity contribution in [2.45, 2.75) is 59.6 Å². The van der Waals surface area contributed by atoms with Gasteiger partial charge in [0, 0.05) is 6.54 Å². The van der Waals surface area contributed by atoms with Crippen molar-refractivity contribution >= 4 is 12.1 Å². The van der Waals surface area contributed by atoms with Crippen molar-refractivity contribution in [1.29, 1.82) is 0 Å². The fourth-order valence-electron chi connectivity index (χ4n) is 1.61. The first-order valence-electron chi connectivity index (χ1n) is 6.31. The molecule has 0 aromatic carbocycles. The van der Waals surface area contributed by atoms with E-state index in [1.54, 1.807) is 27.7 Å². The van der Waals surface area contributed by atoms with Crippen LogP contribution in [0.5, 0.6) is 0 Å². The van der Waals surface area contributed by atoms with Gasteiger partial charge in [0.05, 0.1) is 0 Å². The summed E-state index contributed by atoms with van der Waals surface area (Å²) in [5, 5.41) is 9.22. The first-order valence-corrected chi connectivity index (χ1v) is 6.31. The van der Waals surface area contributed by atoms with Gasteiger partial charge in [0.25, 0.3) is 0 Å². The summed E-state index contributed by atoms with van der Waals surface area (Å²) in [5.74, 6) is -0.793. The van der Waals surface area contributed by atoms with Gasteiger partial charge in [-0.2, -0.15) is 0 Å². The lowest BCUT2D eigenvalue weighted by Crippen LogP contribution is -2.47. The first kappa shape index (κ1) is 16.7. The van der Waals surface area contributed by atoms with E-state index in [2.05, 4.69) is 0 Å². The molecule has 106 valence electrons. The molecular weight excluding hydrogens is 234 g/mol. The quantitative estimate of drug-likeness (QED) is 0.824. The zero-order chi connectivity index (χ0) is 14.5. The standard InChI is InChI=1S/C13H25NO4/c1-7-14(12(17)18-13(4,5)6)10(11(15)16)8-9(2)3/h9-10H,7-8H2,1-6H3,(H,15,16)/t10-/m1/s1. The number of nitrogens with zero attached hydrogens (tertiary/aromatic N) is 1. The fourth-order valence-corrected chi connectivity index (χ4v) is 1.61. The Balaban J connectivity index is 4.90. The van der Waals surface area contributed by atoms with Crippen molar-refractivity contribution in [1.82, 2.24) is 4.90 Å². The van der Waals surface area contributed by atoms with E-state index in [9.17, 15) is 14.7 Å². The molecule has 0 bridgehead atoms. The zero-order valence-corrected chi connectivity index (χ0v) is 12.2. The van der Waals surface area contributed by atoms with Crippen molar-refractivity contribution in [3.63, 3.8) is 0 Å². The van der Waals surface area contributed by atoms with Crippen LogP contribution in [0.25, 0.3) is 0 Å². The highest BCUT2D eigenvalue weighted by Gasteiger charge is 2.32. The molecule has 0 aromatic rings. The molecule has 0 rings (SSSR count). The summed E-state index contributed by atoms with van der Waals surface area (Å²) < 4.78 is 5.23. The molecule has 1 amide bonds. The summed E-state index contributed by atoms with van der Waals surface area (Å²) in [6, 6.07) is -0.829. The fraction of sp³-hybridized carbons (Fsp3) is 0.846. The molecule has 0 fully saturated rings. The number of carbonyl (C=O) groups excluding carboxylic acids is 1. The maximum absolute atomic E-state index is 12.0. The van der Waals surface area contributed by atoms with E-state index in [1.807, 2.05) is 13.8 Å². The first-order chi connectivity index (χ1) is 8.08. The number of carboxylic acid groups (broad SMARTS) is 1. The molecule has 0 spiro atoms. The maximum atomic E-state index is 12.0. The average Bonchev–Trinajstić information content (AvgIpc) is 2.13. The Kier molecular flexibility index (Phi) is 6.15. The van der Waals surface area contributed by atoms with Gasteiger partial charge in [-0.25, -0.2) is 9.59 Å². The summed E-state index contributed by atoms with van der Waals surface area (Å²) in [6.45, 7) is 11.2. The van der Waals surface area contributed by atoms with Crippen LogP contribution in [-0.2, 0) is 9.53 Å². The molecule has 18 heavy (non-hydrogen) atoms. The van der Waals surface area contributed by atoms with Crippen LogP contribution in [0.2, 0.25) is 0 Å². The molecule has 5 heteroatoms. The number of carboxylic acids is 1. The lowest BCUT2D eigenvalue weighted by molar-refractivity contribution is -0.143. The molecule has 0 aromatic heterocycles. The van der Waals surface area contributed by atoms with E-state index < -0.39 is 23.7 Å². The summed E-state index contributed by atoms with van der Waals surface area (Å²) in [5.41, 5.74) is -0.620. The number of carbonyl (C=O) groups is 2. The Bertz CT molecular complexity index is 294. The van der Waals surface area contributed by atoms with Crippen LogP contribution < -0.4 is 0 Å². The SMILES string of the molecule is CCN(C(=O)OC(C)(C)C)[C@H](CC(C)C)C(=O)O. The van der Waals surface area contributed by atoms with Crippen LogP contribution in [0.1, 0.15) is 48.0 Å². The second kappa shape index (κ2) is 6.61. The van der Waals surface area contributed by atoms with Crippen molar-refractivity contribution in [3.05, 3.63) is 0 Å². The highest BCUT2D eigenvalue weighted by Crippen LogP contribution is 2.16. The van der Waals surface area contributed by atoms with Crippen LogP contribution in [0.3, 0.4) is 0 Å². The molecule has 0 aliphatic heterocycles. The van der Waals surface area contributed by atoms with Gasteiger partial charge in [-0.05, 0) is 40.0 Å². The Morgan fingerprint density at radius 3 is 2.06 bits per heavy atom. The van der Waals surface area contributed by atoms with E-state index in [0.29, 0.717) is 13.0 Å². The Hall–Kier alpha value is -1.26. The maximum Gasteiger partial charge on any atom is 0.411 e. The van der Waals surface area contributed by atoms with Gasteiger partial charge in [-0.3, -0.25) is 4.90 Å². The molecule has 0 saturated heterocycles. The predicted octanol–water partition coefficient (Wildman–Crippen LogP) is 2.74. The third kappa shape index (κ3) is 5.89. The second-order valence-corrected chi connectivity index (χ2v) is 5.75. The molecule has 5 nitrogen and oxygen atoms in total. The molecule has 0 aliphatic rings. The average molecular weight is 259 g/mol. The smallest absolute Gasteiger partial charge is 0.411 e. The minimum Gasteiger partial charge on any atom is -0.480 e. The van der Waals surface area contributed by atoms with Crippen molar-refractivity contribution in [2.75, 3.05) is 6.54 Å². The Morgan fingerprint density at radius 1 is 1.28 bits per heavy atom. The van der Waals surface area contributed by atoms with E-state index in [1.165, 1.54) is 4.90 Å². The van der Waals surface area contributed by atoms with Gasteiger partial charge in [-0.15, -0.1) is 0 Å². The van der Waals surface area contributed by atoms with Crippen LogP contribution in [-0.4, -0.2) is 40.3 Å². The van der Waals surface area contributed by atoms with Gasteiger partial charge in [-0.1, -0.05) is 13.8 Å². The third-order valence-corrected chi connectivity index (χ3v) is 2.32. The number of hydrogen-bond donors (Lipinski definition) is 1. The predicted molar refractivity (Wildman–Crippen MR) is 69.5 cm³/mol. The molecular formula is C13H25NO4. The zero-order valence-electron chi connectivity index (χ0n) is 12.2. The summed E-state index contributed by atoms with van der Waals surface area (Å²) in [7, 11) is 0. The number of amides is 1. The van der Waals surface area contributed by atoms with Crippen LogP contribution in [0, 0.1) is 5.92 Å². The summed E-state index contributed by atoms with van der Waals surface area (Å²) in [6.07, 6.45) is -0.152.